The Hall–Kier alpha value is -1.32. The van der Waals surface area contributed by atoms with Crippen LogP contribution in [0.15, 0.2) is 0 Å². The fourth-order valence-corrected chi connectivity index (χ4v) is 1.20. The van der Waals surface area contributed by atoms with Gasteiger partial charge in [-0.2, -0.15) is 0 Å². The average molecular weight is 196 g/mol. The van der Waals surface area contributed by atoms with E-state index in [1.54, 1.807) is 13.8 Å². The Morgan fingerprint density at radius 3 is 2.43 bits per heavy atom. The molecule has 1 heterocycles. The Kier molecular flexibility index (Phi) is 2.64. The minimum absolute atomic E-state index is 0.428. The third kappa shape index (κ3) is 2.13. The molecule has 0 aliphatic heterocycles. The van der Waals surface area contributed by atoms with E-state index >= 15 is 0 Å². The van der Waals surface area contributed by atoms with Crippen LogP contribution in [0.1, 0.15) is 31.1 Å². The van der Waals surface area contributed by atoms with E-state index in [0.29, 0.717) is 6.42 Å². The highest BCUT2D eigenvalue weighted by molar-refractivity contribution is 5.73. The van der Waals surface area contributed by atoms with Crippen molar-refractivity contribution in [1.82, 2.24) is 9.97 Å². The van der Waals surface area contributed by atoms with E-state index in [1.807, 2.05) is 13.8 Å². The van der Waals surface area contributed by atoms with Crippen molar-refractivity contribution in [3.63, 3.8) is 0 Å². The number of nitrogens with zero attached hydrogens (tertiary/aromatic N) is 1. The molecular weight excluding hydrogens is 180 g/mol. The number of imidazole rings is 1. The number of carbonyl (C=O) groups is 1. The Bertz CT molecular complexity index is 334. The van der Waals surface area contributed by atoms with Gasteiger partial charge in [-0.15, -0.1) is 0 Å². The van der Waals surface area contributed by atoms with Gasteiger partial charge in [0.1, 0.15) is 5.82 Å². The largest absolute Gasteiger partial charge is 0.481 e. The molecular formula is C10H16N2O2. The summed E-state index contributed by atoms with van der Waals surface area (Å²) < 4.78 is 0. The van der Waals surface area contributed by atoms with E-state index in [2.05, 4.69) is 9.97 Å². The smallest absolute Gasteiger partial charge is 0.309 e. The molecule has 1 aromatic rings. The van der Waals surface area contributed by atoms with Crippen LogP contribution in [0.5, 0.6) is 0 Å². The van der Waals surface area contributed by atoms with Crippen LogP contribution in [0.3, 0.4) is 0 Å². The first-order chi connectivity index (χ1) is 6.33. The van der Waals surface area contributed by atoms with Crippen LogP contribution in [0.25, 0.3) is 0 Å². The number of hydrogen-bond donors (Lipinski definition) is 2. The van der Waals surface area contributed by atoms with Gasteiger partial charge in [0.15, 0.2) is 0 Å². The predicted octanol–water partition coefficient (Wildman–Crippen LogP) is 1.68. The van der Waals surface area contributed by atoms with Gasteiger partial charge in [0.25, 0.3) is 0 Å². The van der Waals surface area contributed by atoms with Crippen molar-refractivity contribution in [1.29, 1.82) is 0 Å². The summed E-state index contributed by atoms with van der Waals surface area (Å²) in [7, 11) is 0. The number of aromatic amines is 1. The summed E-state index contributed by atoms with van der Waals surface area (Å²) in [6, 6.07) is 0. The van der Waals surface area contributed by atoms with E-state index in [-0.39, 0.29) is 0 Å². The van der Waals surface area contributed by atoms with Gasteiger partial charge in [-0.25, -0.2) is 4.98 Å². The topological polar surface area (TPSA) is 66.0 Å². The van der Waals surface area contributed by atoms with Crippen LogP contribution in [-0.2, 0) is 11.2 Å². The number of rotatable bonds is 3. The molecule has 1 aromatic heterocycles. The van der Waals surface area contributed by atoms with Crippen LogP contribution in [0.2, 0.25) is 0 Å². The normalized spacial score (nSPS) is 11.7. The molecule has 0 saturated carbocycles. The molecule has 0 atom stereocenters. The van der Waals surface area contributed by atoms with Crippen LogP contribution in [0.4, 0.5) is 0 Å². The SMILES string of the molecule is Cc1nc(CC(C)(C)C(=O)O)[nH]c1C. The third-order valence-electron chi connectivity index (χ3n) is 2.37. The molecule has 14 heavy (non-hydrogen) atoms. The maximum absolute atomic E-state index is 10.9. The molecule has 0 radical (unpaired) electrons. The molecule has 0 unspecified atom stereocenters. The maximum atomic E-state index is 10.9. The van der Waals surface area contributed by atoms with E-state index in [9.17, 15) is 4.79 Å². The van der Waals surface area contributed by atoms with Crippen molar-refractivity contribution in [2.24, 2.45) is 5.41 Å². The summed E-state index contributed by atoms with van der Waals surface area (Å²) in [6.07, 6.45) is 0.428. The molecule has 0 bridgehead atoms. The van der Waals surface area contributed by atoms with Crippen molar-refractivity contribution in [3.8, 4) is 0 Å². The predicted molar refractivity (Wildman–Crippen MR) is 53.2 cm³/mol. The highest BCUT2D eigenvalue weighted by Gasteiger charge is 2.28. The third-order valence-corrected chi connectivity index (χ3v) is 2.37. The van der Waals surface area contributed by atoms with Crippen LogP contribution in [-0.4, -0.2) is 21.0 Å². The van der Waals surface area contributed by atoms with Crippen molar-refractivity contribution in [2.45, 2.75) is 34.1 Å². The molecule has 78 valence electrons. The van der Waals surface area contributed by atoms with E-state index in [0.717, 1.165) is 17.2 Å². The summed E-state index contributed by atoms with van der Waals surface area (Å²) in [6.45, 7) is 7.23. The number of carboxylic acids is 1. The monoisotopic (exact) mass is 196 g/mol. The zero-order chi connectivity index (χ0) is 10.9. The van der Waals surface area contributed by atoms with E-state index in [1.165, 1.54) is 0 Å². The first-order valence-electron chi connectivity index (χ1n) is 4.58. The Morgan fingerprint density at radius 1 is 1.50 bits per heavy atom. The molecule has 0 saturated heterocycles. The lowest BCUT2D eigenvalue weighted by molar-refractivity contribution is -0.146. The Labute approximate surface area is 83.4 Å². The van der Waals surface area contributed by atoms with Crippen LogP contribution >= 0.6 is 0 Å². The van der Waals surface area contributed by atoms with Crippen molar-refractivity contribution < 1.29 is 9.90 Å². The first kappa shape index (κ1) is 10.8. The second-order valence-electron chi connectivity index (χ2n) is 4.26. The molecule has 0 amide bonds. The zero-order valence-electron chi connectivity index (χ0n) is 9.01. The minimum Gasteiger partial charge on any atom is -0.481 e. The van der Waals surface area contributed by atoms with Crippen LogP contribution < -0.4 is 0 Å². The van der Waals surface area contributed by atoms with E-state index < -0.39 is 11.4 Å². The summed E-state index contributed by atoms with van der Waals surface area (Å²) in [5.41, 5.74) is 1.17. The summed E-state index contributed by atoms with van der Waals surface area (Å²) in [4.78, 5) is 18.2. The molecule has 0 aromatic carbocycles. The maximum Gasteiger partial charge on any atom is 0.309 e. The summed E-state index contributed by atoms with van der Waals surface area (Å²) in [5.74, 6) is -0.0587. The highest BCUT2D eigenvalue weighted by Crippen LogP contribution is 2.21. The minimum atomic E-state index is -0.802. The Morgan fingerprint density at radius 2 is 2.07 bits per heavy atom. The molecule has 1 rings (SSSR count). The lowest BCUT2D eigenvalue weighted by atomic mass is 9.89. The lowest BCUT2D eigenvalue weighted by Crippen LogP contribution is -2.26. The number of aryl methyl sites for hydroxylation is 2. The fraction of sp³-hybridized carbons (Fsp3) is 0.600. The number of H-pyrrole nitrogens is 1. The van der Waals surface area contributed by atoms with Gasteiger partial charge in [-0.3, -0.25) is 4.79 Å². The zero-order valence-corrected chi connectivity index (χ0v) is 9.01. The van der Waals surface area contributed by atoms with Crippen molar-refractivity contribution >= 4 is 5.97 Å². The molecule has 0 aliphatic carbocycles. The summed E-state index contributed by atoms with van der Waals surface area (Å²) in [5, 5.41) is 8.94. The van der Waals surface area contributed by atoms with Gasteiger partial charge >= 0.3 is 5.97 Å². The second kappa shape index (κ2) is 3.44. The van der Waals surface area contributed by atoms with Gasteiger partial charge < -0.3 is 10.1 Å². The molecule has 0 fully saturated rings. The Balaban J connectivity index is 2.84. The number of carboxylic acid groups (broad SMARTS) is 1. The molecule has 0 spiro atoms. The first-order valence-corrected chi connectivity index (χ1v) is 4.58. The van der Waals surface area contributed by atoms with Gasteiger partial charge in [0.2, 0.25) is 0 Å². The number of aliphatic carboxylic acids is 1. The lowest BCUT2D eigenvalue weighted by Gasteiger charge is -2.16. The number of aromatic nitrogens is 2. The number of hydrogen-bond acceptors (Lipinski definition) is 2. The standard InChI is InChI=1S/C10H16N2O2/c1-6-7(2)12-8(11-6)5-10(3,4)9(13)14/h5H2,1-4H3,(H,11,12)(H,13,14). The van der Waals surface area contributed by atoms with Gasteiger partial charge in [-0.1, -0.05) is 0 Å². The highest BCUT2D eigenvalue weighted by atomic mass is 16.4. The van der Waals surface area contributed by atoms with Crippen LogP contribution in [0, 0.1) is 19.3 Å². The van der Waals surface area contributed by atoms with Gasteiger partial charge in [-0.05, 0) is 27.7 Å². The van der Waals surface area contributed by atoms with Gasteiger partial charge in [0.05, 0.1) is 11.1 Å². The average Bonchev–Trinajstić information content (AvgIpc) is 2.29. The number of nitrogens with one attached hydrogen (secondary N) is 1. The second-order valence-corrected chi connectivity index (χ2v) is 4.26. The van der Waals surface area contributed by atoms with E-state index in [4.69, 9.17) is 5.11 Å². The molecule has 2 N–H and O–H groups in total. The van der Waals surface area contributed by atoms with Gasteiger partial charge in [0, 0.05) is 12.1 Å². The summed E-state index contributed by atoms with van der Waals surface area (Å²) >= 11 is 0. The molecule has 0 aliphatic rings. The van der Waals surface area contributed by atoms with Crippen molar-refractivity contribution in [3.05, 3.63) is 17.2 Å². The quantitative estimate of drug-likeness (QED) is 0.773. The molecule has 4 heteroatoms. The fourth-order valence-electron chi connectivity index (χ4n) is 1.20. The van der Waals surface area contributed by atoms with Crippen molar-refractivity contribution in [2.75, 3.05) is 0 Å². The molecule has 4 nitrogen and oxygen atoms in total.